The van der Waals surface area contributed by atoms with Crippen molar-refractivity contribution in [1.29, 1.82) is 0 Å². The molecule has 0 aliphatic rings. The van der Waals surface area contributed by atoms with Gasteiger partial charge in [0, 0.05) is 32.2 Å². The topological polar surface area (TPSA) is 61.7 Å². The van der Waals surface area contributed by atoms with Gasteiger partial charge in [-0.2, -0.15) is 0 Å². The van der Waals surface area contributed by atoms with Crippen molar-refractivity contribution in [3.05, 3.63) is 0 Å². The highest BCUT2D eigenvalue weighted by Crippen LogP contribution is 2.10. The van der Waals surface area contributed by atoms with Gasteiger partial charge in [0.1, 0.15) is 0 Å². The van der Waals surface area contributed by atoms with E-state index in [1.54, 1.807) is 7.11 Å². The van der Waals surface area contributed by atoms with E-state index in [0.717, 1.165) is 0 Å². The minimum Gasteiger partial charge on any atom is -0.396 e. The first-order valence-corrected chi connectivity index (χ1v) is 4.50. The number of hydrogen-bond donors (Lipinski definition) is 3. The molecule has 80 valence electrons. The maximum atomic E-state index is 9.27. The number of ether oxygens (including phenoxy) is 1. The lowest BCUT2D eigenvalue weighted by Crippen LogP contribution is -2.37. The van der Waals surface area contributed by atoms with Crippen LogP contribution in [0.25, 0.3) is 0 Å². The fourth-order valence-corrected chi connectivity index (χ4v) is 0.884. The summed E-state index contributed by atoms with van der Waals surface area (Å²) in [6, 6.07) is 0. The second-order valence-electron chi connectivity index (χ2n) is 4.06. The molecule has 0 saturated carbocycles. The Balaban J connectivity index is 3.44. The number of rotatable bonds is 7. The van der Waals surface area contributed by atoms with Crippen molar-refractivity contribution in [2.24, 2.45) is 5.41 Å². The Labute approximate surface area is 79.9 Å². The Kier molecular flexibility index (Phi) is 6.24. The van der Waals surface area contributed by atoms with E-state index in [-0.39, 0.29) is 12.0 Å². The zero-order chi connectivity index (χ0) is 10.3. The molecule has 0 aromatic carbocycles. The standard InChI is InChI=1S/C9H21NO3/c1-9(2,7-11)6-10-4-8(12)5-13-3/h8,10-12H,4-7H2,1-3H3. The minimum atomic E-state index is -0.473. The van der Waals surface area contributed by atoms with E-state index >= 15 is 0 Å². The van der Waals surface area contributed by atoms with Crippen molar-refractivity contribution in [3.8, 4) is 0 Å². The summed E-state index contributed by atoms with van der Waals surface area (Å²) >= 11 is 0. The Bertz CT molecular complexity index is 128. The number of methoxy groups -OCH3 is 1. The highest BCUT2D eigenvalue weighted by molar-refractivity contribution is 4.71. The molecule has 3 N–H and O–H groups in total. The molecular formula is C9H21NO3. The third-order valence-electron chi connectivity index (χ3n) is 1.77. The van der Waals surface area contributed by atoms with Crippen LogP contribution in [-0.4, -0.2) is 49.7 Å². The average molecular weight is 191 g/mol. The molecule has 0 radical (unpaired) electrons. The van der Waals surface area contributed by atoms with Crippen LogP contribution in [0.15, 0.2) is 0 Å². The van der Waals surface area contributed by atoms with Crippen LogP contribution in [0.1, 0.15) is 13.8 Å². The van der Waals surface area contributed by atoms with E-state index in [1.807, 2.05) is 13.8 Å². The molecule has 0 bridgehead atoms. The number of nitrogens with one attached hydrogen (secondary N) is 1. The molecule has 0 spiro atoms. The molecule has 0 aromatic rings. The van der Waals surface area contributed by atoms with Crippen molar-refractivity contribution in [1.82, 2.24) is 5.32 Å². The second-order valence-corrected chi connectivity index (χ2v) is 4.06. The Hall–Kier alpha value is -0.160. The summed E-state index contributed by atoms with van der Waals surface area (Å²) in [5.41, 5.74) is -0.132. The zero-order valence-corrected chi connectivity index (χ0v) is 8.71. The molecule has 0 aliphatic heterocycles. The average Bonchev–Trinajstić information content (AvgIpc) is 2.05. The van der Waals surface area contributed by atoms with Gasteiger partial charge in [0.05, 0.1) is 12.7 Å². The SMILES string of the molecule is COCC(O)CNCC(C)(C)CO. The summed E-state index contributed by atoms with van der Waals surface area (Å²) in [4.78, 5) is 0. The van der Waals surface area contributed by atoms with Crippen LogP contribution in [0, 0.1) is 5.41 Å². The quantitative estimate of drug-likeness (QED) is 0.512. The predicted molar refractivity (Wildman–Crippen MR) is 51.6 cm³/mol. The van der Waals surface area contributed by atoms with Crippen LogP contribution in [0.3, 0.4) is 0 Å². The van der Waals surface area contributed by atoms with Crippen LogP contribution in [-0.2, 0) is 4.74 Å². The molecule has 1 unspecified atom stereocenters. The van der Waals surface area contributed by atoms with Gasteiger partial charge in [-0.05, 0) is 0 Å². The molecule has 0 amide bonds. The molecule has 4 heteroatoms. The van der Waals surface area contributed by atoms with Gasteiger partial charge in [-0.15, -0.1) is 0 Å². The van der Waals surface area contributed by atoms with Crippen LogP contribution in [0.2, 0.25) is 0 Å². The van der Waals surface area contributed by atoms with E-state index in [0.29, 0.717) is 19.7 Å². The first kappa shape index (κ1) is 12.8. The van der Waals surface area contributed by atoms with E-state index < -0.39 is 6.10 Å². The van der Waals surface area contributed by atoms with Crippen LogP contribution in [0.4, 0.5) is 0 Å². The van der Waals surface area contributed by atoms with E-state index in [4.69, 9.17) is 9.84 Å². The lowest BCUT2D eigenvalue weighted by molar-refractivity contribution is 0.0610. The van der Waals surface area contributed by atoms with Gasteiger partial charge >= 0.3 is 0 Å². The summed E-state index contributed by atoms with van der Waals surface area (Å²) < 4.78 is 4.77. The lowest BCUT2D eigenvalue weighted by Gasteiger charge is -2.22. The lowest BCUT2D eigenvalue weighted by atomic mass is 9.95. The molecule has 0 aromatic heterocycles. The summed E-state index contributed by atoms with van der Waals surface area (Å²) in [7, 11) is 1.56. The zero-order valence-electron chi connectivity index (χ0n) is 8.71. The maximum Gasteiger partial charge on any atom is 0.0897 e. The fourth-order valence-electron chi connectivity index (χ4n) is 0.884. The number of hydrogen-bond acceptors (Lipinski definition) is 4. The van der Waals surface area contributed by atoms with Gasteiger partial charge in [-0.1, -0.05) is 13.8 Å². The second kappa shape index (κ2) is 6.32. The minimum absolute atomic E-state index is 0.132. The predicted octanol–water partition coefficient (Wildman–Crippen LogP) is -0.398. The Morgan fingerprint density at radius 3 is 2.54 bits per heavy atom. The van der Waals surface area contributed by atoms with Gasteiger partial charge in [0.25, 0.3) is 0 Å². The molecular weight excluding hydrogens is 170 g/mol. The molecule has 13 heavy (non-hydrogen) atoms. The molecule has 0 fully saturated rings. The van der Waals surface area contributed by atoms with Crippen molar-refractivity contribution in [2.75, 3.05) is 33.4 Å². The fraction of sp³-hybridized carbons (Fsp3) is 1.00. The van der Waals surface area contributed by atoms with Gasteiger partial charge in [-0.25, -0.2) is 0 Å². The summed E-state index contributed by atoms with van der Waals surface area (Å²) in [6.07, 6.45) is -0.473. The van der Waals surface area contributed by atoms with Gasteiger partial charge in [-0.3, -0.25) is 0 Å². The van der Waals surface area contributed by atoms with Crippen molar-refractivity contribution >= 4 is 0 Å². The highest BCUT2D eigenvalue weighted by Gasteiger charge is 2.16. The first-order valence-electron chi connectivity index (χ1n) is 4.50. The normalized spacial score (nSPS) is 14.5. The van der Waals surface area contributed by atoms with Gasteiger partial charge in [0.2, 0.25) is 0 Å². The van der Waals surface area contributed by atoms with E-state index in [9.17, 15) is 5.11 Å². The molecule has 0 aliphatic carbocycles. The molecule has 0 saturated heterocycles. The van der Waals surface area contributed by atoms with Crippen LogP contribution >= 0.6 is 0 Å². The van der Waals surface area contributed by atoms with Crippen molar-refractivity contribution in [3.63, 3.8) is 0 Å². The first-order chi connectivity index (χ1) is 6.02. The third-order valence-corrected chi connectivity index (χ3v) is 1.77. The van der Waals surface area contributed by atoms with E-state index in [1.165, 1.54) is 0 Å². The molecule has 1 atom stereocenters. The van der Waals surface area contributed by atoms with Crippen molar-refractivity contribution in [2.45, 2.75) is 20.0 Å². The summed E-state index contributed by atoms with van der Waals surface area (Å²) in [5, 5.41) is 21.3. The summed E-state index contributed by atoms with van der Waals surface area (Å²) in [5.74, 6) is 0. The Morgan fingerprint density at radius 2 is 2.08 bits per heavy atom. The number of aliphatic hydroxyl groups is 2. The van der Waals surface area contributed by atoms with Crippen molar-refractivity contribution < 1.29 is 14.9 Å². The van der Waals surface area contributed by atoms with Gasteiger partial charge in [0.15, 0.2) is 0 Å². The third kappa shape index (κ3) is 6.95. The summed E-state index contributed by atoms with van der Waals surface area (Å²) in [6.45, 7) is 5.58. The Morgan fingerprint density at radius 1 is 1.46 bits per heavy atom. The number of aliphatic hydroxyl groups excluding tert-OH is 2. The van der Waals surface area contributed by atoms with Gasteiger partial charge < -0.3 is 20.3 Å². The smallest absolute Gasteiger partial charge is 0.0897 e. The van der Waals surface area contributed by atoms with Crippen LogP contribution in [0.5, 0.6) is 0 Å². The monoisotopic (exact) mass is 191 g/mol. The highest BCUT2D eigenvalue weighted by atomic mass is 16.5. The van der Waals surface area contributed by atoms with Crippen LogP contribution < -0.4 is 5.32 Å². The molecule has 4 nitrogen and oxygen atoms in total. The molecule has 0 heterocycles. The maximum absolute atomic E-state index is 9.27. The van der Waals surface area contributed by atoms with E-state index in [2.05, 4.69) is 5.32 Å². The largest absolute Gasteiger partial charge is 0.396 e. The molecule has 0 rings (SSSR count).